The molecule has 0 unspecified atom stereocenters. The zero-order valence-electron chi connectivity index (χ0n) is 24.3. The Bertz CT molecular complexity index is 2000. The van der Waals surface area contributed by atoms with Gasteiger partial charge in [0.05, 0.1) is 40.5 Å². The maximum atomic E-state index is 14.6. The van der Waals surface area contributed by atoms with Crippen LogP contribution in [0.3, 0.4) is 0 Å². The van der Waals surface area contributed by atoms with Gasteiger partial charge in [0.2, 0.25) is 5.91 Å². The molecule has 222 valence electrons. The summed E-state index contributed by atoms with van der Waals surface area (Å²) in [6, 6.07) is 10.2. The van der Waals surface area contributed by atoms with Crippen LogP contribution in [0.4, 0.5) is 10.1 Å². The number of carbonyl (C=O) groups excluding carboxylic acids is 1. The molecule has 5 heterocycles. The predicted molar refractivity (Wildman–Crippen MR) is 165 cm³/mol. The summed E-state index contributed by atoms with van der Waals surface area (Å²) >= 11 is 0. The highest BCUT2D eigenvalue weighted by atomic mass is 19.1. The van der Waals surface area contributed by atoms with Crippen molar-refractivity contribution in [3.05, 3.63) is 67.0 Å². The number of rotatable bonds is 9. The topological polar surface area (TPSA) is 138 Å². The summed E-state index contributed by atoms with van der Waals surface area (Å²) < 4.78 is 20.4. The van der Waals surface area contributed by atoms with Crippen LogP contribution in [0.2, 0.25) is 0 Å². The zero-order chi connectivity index (χ0) is 30.2. The van der Waals surface area contributed by atoms with E-state index >= 15 is 0 Å². The largest absolute Gasteiger partial charge is 0.492 e. The number of likely N-dealkylation sites (N-methyl/N-ethyl adjacent to an activating group) is 1. The molecule has 44 heavy (non-hydrogen) atoms. The summed E-state index contributed by atoms with van der Waals surface area (Å²) in [5, 5.41) is 11.3. The quantitative estimate of drug-likeness (QED) is 0.202. The number of pyridine rings is 3. The SMILES string of the molecule is CN(C)CCOc1cc(F)cc(-c2nccc3[nH]c(-c4n[nH]c5cnc(-c6cncc(NC(=O)C7CCC7)c6)cc45)nc23)c1. The number of benzene rings is 1. The number of hydrogen-bond acceptors (Lipinski definition) is 8. The minimum atomic E-state index is -0.420. The van der Waals surface area contributed by atoms with Crippen molar-refractivity contribution in [2.45, 2.75) is 19.3 Å². The van der Waals surface area contributed by atoms with Crippen LogP contribution in [0.1, 0.15) is 19.3 Å². The van der Waals surface area contributed by atoms with Gasteiger partial charge in [-0.05, 0) is 57.3 Å². The Morgan fingerprint density at radius 2 is 1.93 bits per heavy atom. The Kier molecular flexibility index (Phi) is 7.18. The standard InChI is InChI=1S/C32H30FN9O2/c1-42(2)8-9-44-23-12-19(10-21(33)13-23)28-30-25(6-7-35-28)38-31(39-30)29-24-14-26(36-17-27(24)40-41-29)20-11-22(16-34-15-20)37-32(43)18-4-3-5-18/h6-7,10-18H,3-5,8-9H2,1-2H3,(H,37,43)(H,38,39)(H,40,41). The van der Waals surface area contributed by atoms with E-state index in [-0.39, 0.29) is 11.8 Å². The lowest BCUT2D eigenvalue weighted by Gasteiger charge is -2.24. The lowest BCUT2D eigenvalue weighted by molar-refractivity contribution is -0.122. The van der Waals surface area contributed by atoms with Gasteiger partial charge < -0.3 is 19.9 Å². The molecule has 1 saturated carbocycles. The van der Waals surface area contributed by atoms with Crippen LogP contribution in [0.15, 0.2) is 61.2 Å². The Hall–Kier alpha value is -5.23. The highest BCUT2D eigenvalue weighted by molar-refractivity contribution is 5.97. The minimum absolute atomic E-state index is 0.0285. The fourth-order valence-corrected chi connectivity index (χ4v) is 5.21. The molecule has 0 atom stereocenters. The molecule has 1 aliphatic rings. The third-order valence-electron chi connectivity index (χ3n) is 7.80. The number of carbonyl (C=O) groups is 1. The van der Waals surface area contributed by atoms with Gasteiger partial charge in [-0.3, -0.25) is 24.8 Å². The van der Waals surface area contributed by atoms with Crippen molar-refractivity contribution >= 4 is 33.5 Å². The molecule has 7 rings (SSSR count). The molecule has 0 saturated heterocycles. The molecule has 1 aliphatic carbocycles. The van der Waals surface area contributed by atoms with Crippen LogP contribution in [-0.2, 0) is 4.79 Å². The van der Waals surface area contributed by atoms with Crippen molar-refractivity contribution in [2.24, 2.45) is 5.92 Å². The summed E-state index contributed by atoms with van der Waals surface area (Å²) in [6.45, 7) is 1.13. The number of nitrogens with one attached hydrogen (secondary N) is 3. The summed E-state index contributed by atoms with van der Waals surface area (Å²) in [6.07, 6.45) is 9.66. The van der Waals surface area contributed by atoms with Crippen LogP contribution >= 0.6 is 0 Å². The number of anilines is 1. The molecule has 0 radical (unpaired) electrons. The highest BCUT2D eigenvalue weighted by Crippen LogP contribution is 2.33. The average molecular weight is 592 g/mol. The number of imidazole rings is 1. The molecule has 3 N–H and O–H groups in total. The van der Waals surface area contributed by atoms with Gasteiger partial charge in [-0.2, -0.15) is 5.10 Å². The summed E-state index contributed by atoms with van der Waals surface area (Å²) in [5.41, 5.74) is 5.79. The van der Waals surface area contributed by atoms with Crippen molar-refractivity contribution in [2.75, 3.05) is 32.6 Å². The summed E-state index contributed by atoms with van der Waals surface area (Å²) in [7, 11) is 3.90. The molecular formula is C32H30FN9O2. The second-order valence-corrected chi connectivity index (χ2v) is 11.2. The van der Waals surface area contributed by atoms with Gasteiger partial charge >= 0.3 is 0 Å². The average Bonchev–Trinajstić information content (AvgIpc) is 3.59. The van der Waals surface area contributed by atoms with Crippen molar-refractivity contribution < 1.29 is 13.9 Å². The van der Waals surface area contributed by atoms with E-state index in [1.165, 1.54) is 12.1 Å². The normalized spacial score (nSPS) is 13.5. The van der Waals surface area contributed by atoms with Gasteiger partial charge in [0.25, 0.3) is 0 Å². The fraction of sp³-hybridized carbons (Fsp3) is 0.250. The smallest absolute Gasteiger partial charge is 0.227 e. The van der Waals surface area contributed by atoms with E-state index in [4.69, 9.17) is 9.72 Å². The van der Waals surface area contributed by atoms with Gasteiger partial charge in [0.15, 0.2) is 5.82 Å². The van der Waals surface area contributed by atoms with E-state index in [9.17, 15) is 9.18 Å². The molecule has 1 aromatic carbocycles. The van der Waals surface area contributed by atoms with Crippen molar-refractivity contribution in [1.29, 1.82) is 0 Å². The van der Waals surface area contributed by atoms with Crippen LogP contribution in [0, 0.1) is 11.7 Å². The second-order valence-electron chi connectivity index (χ2n) is 11.2. The summed E-state index contributed by atoms with van der Waals surface area (Å²) in [4.78, 5) is 36.1. The number of H-pyrrole nitrogens is 2. The molecule has 1 amide bonds. The van der Waals surface area contributed by atoms with Gasteiger partial charge in [-0.25, -0.2) is 9.37 Å². The molecule has 0 spiro atoms. The van der Waals surface area contributed by atoms with Crippen LogP contribution < -0.4 is 10.1 Å². The van der Waals surface area contributed by atoms with Crippen LogP contribution in [-0.4, -0.2) is 73.2 Å². The molecule has 11 nitrogen and oxygen atoms in total. The number of hydrogen-bond donors (Lipinski definition) is 3. The lowest BCUT2D eigenvalue weighted by Crippen LogP contribution is -2.28. The molecular weight excluding hydrogens is 561 g/mol. The van der Waals surface area contributed by atoms with E-state index in [1.54, 1.807) is 30.9 Å². The van der Waals surface area contributed by atoms with Crippen molar-refractivity contribution in [1.82, 2.24) is 40.0 Å². The zero-order valence-corrected chi connectivity index (χ0v) is 24.3. The third-order valence-corrected chi connectivity index (χ3v) is 7.80. The first-order valence-electron chi connectivity index (χ1n) is 14.5. The third kappa shape index (κ3) is 5.47. The monoisotopic (exact) mass is 591 g/mol. The second kappa shape index (κ2) is 11.5. The summed E-state index contributed by atoms with van der Waals surface area (Å²) in [5.74, 6) is 0.634. The first-order chi connectivity index (χ1) is 21.4. The highest BCUT2D eigenvalue weighted by Gasteiger charge is 2.25. The number of aromatic nitrogens is 7. The predicted octanol–water partition coefficient (Wildman–Crippen LogP) is 5.44. The fourth-order valence-electron chi connectivity index (χ4n) is 5.21. The lowest BCUT2D eigenvalue weighted by atomic mass is 9.85. The van der Waals surface area contributed by atoms with Gasteiger partial charge in [0.1, 0.15) is 29.4 Å². The molecule has 1 fully saturated rings. The molecule has 6 aromatic rings. The minimum Gasteiger partial charge on any atom is -0.492 e. The molecule has 0 bridgehead atoms. The molecule has 12 heteroatoms. The van der Waals surface area contributed by atoms with Crippen molar-refractivity contribution in [3.8, 4) is 39.8 Å². The Labute approximate surface area is 251 Å². The van der Waals surface area contributed by atoms with Crippen LogP contribution in [0.25, 0.3) is 56.0 Å². The maximum absolute atomic E-state index is 14.6. The van der Waals surface area contributed by atoms with E-state index in [0.717, 1.165) is 41.2 Å². The Balaban J connectivity index is 1.21. The van der Waals surface area contributed by atoms with Crippen LogP contribution in [0.5, 0.6) is 5.75 Å². The van der Waals surface area contributed by atoms with Crippen molar-refractivity contribution in [3.63, 3.8) is 0 Å². The first-order valence-corrected chi connectivity index (χ1v) is 14.5. The first kappa shape index (κ1) is 27.6. The van der Waals surface area contributed by atoms with E-state index in [2.05, 4.69) is 35.5 Å². The van der Waals surface area contributed by atoms with Gasteiger partial charge in [-0.1, -0.05) is 6.42 Å². The Morgan fingerprint density at radius 1 is 1.05 bits per heavy atom. The Morgan fingerprint density at radius 3 is 2.75 bits per heavy atom. The van der Waals surface area contributed by atoms with E-state index < -0.39 is 5.82 Å². The number of amides is 1. The van der Waals surface area contributed by atoms with E-state index in [1.807, 2.05) is 37.2 Å². The molecule has 5 aromatic heterocycles. The number of fused-ring (bicyclic) bond motifs is 2. The number of aromatic amines is 2. The van der Waals surface area contributed by atoms with Gasteiger partial charge in [-0.15, -0.1) is 0 Å². The maximum Gasteiger partial charge on any atom is 0.227 e. The number of halogens is 1. The van der Waals surface area contributed by atoms with E-state index in [0.29, 0.717) is 58.6 Å². The number of ether oxygens (including phenoxy) is 1. The van der Waals surface area contributed by atoms with Gasteiger partial charge in [0, 0.05) is 47.4 Å². The number of nitrogens with zero attached hydrogens (tertiary/aromatic N) is 6. The molecule has 0 aliphatic heterocycles.